The Hall–Kier alpha value is -1.13. The molecular formula is C14H18N2OS. The van der Waals surface area contributed by atoms with Crippen LogP contribution in [0.4, 0.5) is 0 Å². The molecule has 4 heteroatoms. The molecule has 0 radical (unpaired) electrons. The molecule has 0 bridgehead atoms. The first-order valence-corrected chi connectivity index (χ1v) is 7.29. The predicted octanol–water partition coefficient (Wildman–Crippen LogP) is 3.52. The predicted molar refractivity (Wildman–Crippen MR) is 72.7 cm³/mol. The van der Waals surface area contributed by atoms with Crippen molar-refractivity contribution in [1.82, 2.24) is 10.3 Å². The van der Waals surface area contributed by atoms with Gasteiger partial charge < -0.3 is 4.42 Å². The number of rotatable bonds is 4. The van der Waals surface area contributed by atoms with Gasteiger partial charge >= 0.3 is 0 Å². The van der Waals surface area contributed by atoms with E-state index >= 15 is 0 Å². The van der Waals surface area contributed by atoms with Gasteiger partial charge in [0.05, 0.1) is 12.1 Å². The van der Waals surface area contributed by atoms with Crippen LogP contribution in [0, 0.1) is 13.8 Å². The molecule has 96 valence electrons. The molecule has 3 nitrogen and oxygen atoms in total. The quantitative estimate of drug-likeness (QED) is 0.916. The SMILES string of the molecule is Cc1csc(C2(NCc3ccc(C)o3)CCC2)n1. The molecule has 2 aromatic rings. The van der Waals surface area contributed by atoms with E-state index in [0.29, 0.717) is 0 Å². The summed E-state index contributed by atoms with van der Waals surface area (Å²) >= 11 is 1.77. The van der Waals surface area contributed by atoms with E-state index in [0.717, 1.165) is 23.8 Å². The standard InChI is InChI=1S/C14H18N2OS/c1-10-9-18-13(16-10)14(6-3-7-14)15-8-12-5-4-11(2)17-12/h4-5,9,15H,3,6-8H2,1-2H3. The molecule has 1 fully saturated rings. The van der Waals surface area contributed by atoms with Crippen molar-refractivity contribution in [2.24, 2.45) is 0 Å². The Morgan fingerprint density at radius 1 is 1.39 bits per heavy atom. The summed E-state index contributed by atoms with van der Waals surface area (Å²) in [6.45, 7) is 4.82. The number of hydrogen-bond acceptors (Lipinski definition) is 4. The Morgan fingerprint density at radius 2 is 2.22 bits per heavy atom. The maximum atomic E-state index is 5.61. The van der Waals surface area contributed by atoms with Gasteiger partial charge in [0.1, 0.15) is 16.5 Å². The second-order valence-electron chi connectivity index (χ2n) is 5.10. The van der Waals surface area contributed by atoms with E-state index in [1.54, 1.807) is 11.3 Å². The summed E-state index contributed by atoms with van der Waals surface area (Å²) in [6, 6.07) is 4.06. The van der Waals surface area contributed by atoms with E-state index < -0.39 is 0 Å². The van der Waals surface area contributed by atoms with Crippen molar-refractivity contribution in [3.05, 3.63) is 39.7 Å². The van der Waals surface area contributed by atoms with Crippen LogP contribution in [0.25, 0.3) is 0 Å². The highest BCUT2D eigenvalue weighted by molar-refractivity contribution is 7.09. The highest BCUT2D eigenvalue weighted by Crippen LogP contribution is 2.42. The molecule has 3 rings (SSSR count). The van der Waals surface area contributed by atoms with E-state index in [4.69, 9.17) is 4.42 Å². The number of nitrogens with one attached hydrogen (secondary N) is 1. The Labute approximate surface area is 111 Å². The average molecular weight is 262 g/mol. The van der Waals surface area contributed by atoms with Crippen LogP contribution in [0.2, 0.25) is 0 Å². The van der Waals surface area contributed by atoms with Crippen molar-refractivity contribution in [2.75, 3.05) is 0 Å². The maximum absolute atomic E-state index is 5.61. The minimum absolute atomic E-state index is 0.0968. The number of thiazole rings is 1. The summed E-state index contributed by atoms with van der Waals surface area (Å²) in [6.07, 6.45) is 3.64. The lowest BCUT2D eigenvalue weighted by Gasteiger charge is -2.41. The van der Waals surface area contributed by atoms with Gasteiger partial charge in [-0.3, -0.25) is 5.32 Å². The van der Waals surface area contributed by atoms with Crippen molar-refractivity contribution >= 4 is 11.3 Å². The van der Waals surface area contributed by atoms with E-state index in [9.17, 15) is 0 Å². The minimum Gasteiger partial charge on any atom is -0.465 e. The Morgan fingerprint density at radius 3 is 2.72 bits per heavy atom. The van der Waals surface area contributed by atoms with Gasteiger partial charge in [0.2, 0.25) is 0 Å². The van der Waals surface area contributed by atoms with Crippen LogP contribution in [-0.2, 0) is 12.1 Å². The fourth-order valence-electron chi connectivity index (χ4n) is 2.41. The first-order valence-electron chi connectivity index (χ1n) is 6.41. The van der Waals surface area contributed by atoms with Crippen LogP contribution >= 0.6 is 11.3 Å². The van der Waals surface area contributed by atoms with Gasteiger partial charge in [-0.15, -0.1) is 11.3 Å². The lowest BCUT2D eigenvalue weighted by atomic mass is 9.77. The summed E-state index contributed by atoms with van der Waals surface area (Å²) in [5, 5.41) is 7.01. The fraction of sp³-hybridized carbons (Fsp3) is 0.500. The first kappa shape index (κ1) is 11.9. The third-order valence-electron chi connectivity index (χ3n) is 3.63. The highest BCUT2D eigenvalue weighted by Gasteiger charge is 2.40. The molecular weight excluding hydrogens is 244 g/mol. The van der Waals surface area contributed by atoms with Crippen molar-refractivity contribution in [2.45, 2.75) is 45.2 Å². The van der Waals surface area contributed by atoms with E-state index in [-0.39, 0.29) is 5.54 Å². The highest BCUT2D eigenvalue weighted by atomic mass is 32.1. The van der Waals surface area contributed by atoms with Gasteiger partial charge in [-0.2, -0.15) is 0 Å². The van der Waals surface area contributed by atoms with Crippen molar-refractivity contribution in [3.8, 4) is 0 Å². The van der Waals surface area contributed by atoms with Gasteiger partial charge in [-0.05, 0) is 45.2 Å². The zero-order valence-corrected chi connectivity index (χ0v) is 11.6. The fourth-order valence-corrected chi connectivity index (χ4v) is 3.44. The number of hydrogen-bond donors (Lipinski definition) is 1. The Balaban J connectivity index is 1.73. The van der Waals surface area contributed by atoms with Gasteiger partial charge in [0.15, 0.2) is 0 Å². The topological polar surface area (TPSA) is 38.1 Å². The van der Waals surface area contributed by atoms with E-state index in [1.165, 1.54) is 24.3 Å². The molecule has 1 saturated carbocycles. The second kappa shape index (κ2) is 4.52. The smallest absolute Gasteiger partial charge is 0.117 e. The minimum atomic E-state index is 0.0968. The number of furan rings is 1. The molecule has 0 atom stereocenters. The zero-order chi connectivity index (χ0) is 12.6. The monoisotopic (exact) mass is 262 g/mol. The molecule has 0 aliphatic heterocycles. The molecule has 0 amide bonds. The molecule has 2 heterocycles. The summed E-state index contributed by atoms with van der Waals surface area (Å²) in [7, 11) is 0. The summed E-state index contributed by atoms with van der Waals surface area (Å²) in [5.41, 5.74) is 1.22. The van der Waals surface area contributed by atoms with Crippen LogP contribution in [-0.4, -0.2) is 4.98 Å². The molecule has 0 unspecified atom stereocenters. The molecule has 1 aliphatic carbocycles. The third-order valence-corrected chi connectivity index (χ3v) is 4.80. The molecule has 18 heavy (non-hydrogen) atoms. The summed E-state index contributed by atoms with van der Waals surface area (Å²) in [4.78, 5) is 4.65. The Bertz CT molecular complexity index is 539. The lowest BCUT2D eigenvalue weighted by molar-refractivity contribution is 0.177. The maximum Gasteiger partial charge on any atom is 0.117 e. The number of nitrogens with zero attached hydrogens (tertiary/aromatic N) is 1. The van der Waals surface area contributed by atoms with Crippen molar-refractivity contribution in [3.63, 3.8) is 0 Å². The van der Waals surface area contributed by atoms with Gasteiger partial charge in [-0.25, -0.2) is 4.98 Å². The third kappa shape index (κ3) is 2.10. The van der Waals surface area contributed by atoms with Crippen LogP contribution in [0.1, 0.15) is 41.5 Å². The second-order valence-corrected chi connectivity index (χ2v) is 5.95. The normalized spacial score (nSPS) is 17.7. The van der Waals surface area contributed by atoms with Crippen LogP contribution in [0.15, 0.2) is 21.9 Å². The van der Waals surface area contributed by atoms with E-state index in [1.807, 2.05) is 19.1 Å². The zero-order valence-electron chi connectivity index (χ0n) is 10.8. The van der Waals surface area contributed by atoms with E-state index in [2.05, 4.69) is 22.6 Å². The van der Waals surface area contributed by atoms with Crippen molar-refractivity contribution in [1.29, 1.82) is 0 Å². The van der Waals surface area contributed by atoms with Crippen molar-refractivity contribution < 1.29 is 4.42 Å². The molecule has 0 saturated heterocycles. The van der Waals surface area contributed by atoms with Crippen LogP contribution in [0.3, 0.4) is 0 Å². The molecule has 0 aromatic carbocycles. The summed E-state index contributed by atoms with van der Waals surface area (Å²) < 4.78 is 5.61. The van der Waals surface area contributed by atoms with Gasteiger partial charge in [0.25, 0.3) is 0 Å². The Kier molecular flexibility index (Phi) is 2.99. The average Bonchev–Trinajstić information content (AvgIpc) is 2.87. The largest absolute Gasteiger partial charge is 0.465 e. The molecule has 1 N–H and O–H groups in total. The molecule has 1 aliphatic rings. The number of aryl methyl sites for hydroxylation is 2. The molecule has 2 aromatic heterocycles. The van der Waals surface area contributed by atoms with Crippen LogP contribution < -0.4 is 5.32 Å². The van der Waals surface area contributed by atoms with Crippen LogP contribution in [0.5, 0.6) is 0 Å². The van der Waals surface area contributed by atoms with Gasteiger partial charge in [0, 0.05) is 11.1 Å². The summed E-state index contributed by atoms with van der Waals surface area (Å²) in [5.74, 6) is 1.98. The lowest BCUT2D eigenvalue weighted by Crippen LogP contribution is -2.47. The molecule has 0 spiro atoms. The number of aromatic nitrogens is 1. The first-order chi connectivity index (χ1) is 8.68. The van der Waals surface area contributed by atoms with Gasteiger partial charge in [-0.1, -0.05) is 0 Å².